The van der Waals surface area contributed by atoms with Crippen molar-refractivity contribution in [3.63, 3.8) is 0 Å². The molecule has 2 aliphatic rings. The third-order valence-electron chi connectivity index (χ3n) is 7.25. The van der Waals surface area contributed by atoms with Gasteiger partial charge in [0.05, 0.1) is 37.0 Å². The van der Waals surface area contributed by atoms with Crippen LogP contribution in [0.15, 0.2) is 53.5 Å². The topological polar surface area (TPSA) is 120 Å². The Morgan fingerprint density at radius 2 is 1.85 bits per heavy atom. The standard InChI is InChI=1S/C27H32ClN5O5S/c1-27(8-9-27)18-38-25-23(16-30-33(26(25)34)21-5-3-4-20(28)15-21)31-10-12-32(13-11-31)39(35,36)17-19-6-7-24(37-2)22(29)14-19/h3-7,14-16H,8-13,17-18,29H2,1-2H3. The minimum absolute atomic E-state index is 0.0610. The predicted molar refractivity (Wildman–Crippen MR) is 151 cm³/mol. The van der Waals surface area contributed by atoms with Crippen LogP contribution < -0.4 is 25.7 Å². The summed E-state index contributed by atoms with van der Waals surface area (Å²) in [6.07, 6.45) is 3.70. The van der Waals surface area contributed by atoms with E-state index in [0.717, 1.165) is 12.8 Å². The summed E-state index contributed by atoms with van der Waals surface area (Å²) in [5, 5.41) is 4.89. The first-order valence-corrected chi connectivity index (χ1v) is 14.7. The van der Waals surface area contributed by atoms with E-state index in [0.29, 0.717) is 53.1 Å². The lowest BCUT2D eigenvalue weighted by Gasteiger charge is -2.35. The number of nitrogens with zero attached hydrogens (tertiary/aromatic N) is 4. The zero-order valence-corrected chi connectivity index (χ0v) is 23.5. The molecule has 39 heavy (non-hydrogen) atoms. The van der Waals surface area contributed by atoms with E-state index in [-0.39, 0.29) is 35.6 Å². The van der Waals surface area contributed by atoms with Gasteiger partial charge < -0.3 is 20.1 Å². The van der Waals surface area contributed by atoms with Crippen LogP contribution in [0.4, 0.5) is 11.4 Å². The Morgan fingerprint density at radius 3 is 2.49 bits per heavy atom. The van der Waals surface area contributed by atoms with Crippen molar-refractivity contribution in [2.75, 3.05) is 50.5 Å². The molecule has 0 amide bonds. The Balaban J connectivity index is 1.35. The molecule has 2 heterocycles. The Labute approximate surface area is 232 Å². The number of sulfonamides is 1. The van der Waals surface area contributed by atoms with Crippen LogP contribution in [0.2, 0.25) is 5.02 Å². The fourth-order valence-electron chi connectivity index (χ4n) is 4.57. The van der Waals surface area contributed by atoms with E-state index in [1.165, 1.54) is 16.1 Å². The molecule has 1 saturated carbocycles. The predicted octanol–water partition coefficient (Wildman–Crippen LogP) is 3.31. The zero-order valence-electron chi connectivity index (χ0n) is 22.0. The Morgan fingerprint density at radius 1 is 1.10 bits per heavy atom. The molecule has 1 aromatic heterocycles. The molecule has 208 valence electrons. The van der Waals surface area contributed by atoms with Gasteiger partial charge in [-0.2, -0.15) is 14.1 Å². The number of ether oxygens (including phenoxy) is 2. The van der Waals surface area contributed by atoms with E-state index in [1.807, 2.05) is 4.90 Å². The van der Waals surface area contributed by atoms with Crippen LogP contribution in [0, 0.1) is 5.41 Å². The highest BCUT2D eigenvalue weighted by atomic mass is 35.5. The van der Waals surface area contributed by atoms with Crippen LogP contribution in [0.5, 0.6) is 11.5 Å². The largest absolute Gasteiger partial charge is 0.495 e. The van der Waals surface area contributed by atoms with Crippen molar-refractivity contribution in [1.29, 1.82) is 0 Å². The van der Waals surface area contributed by atoms with Gasteiger partial charge in [-0.1, -0.05) is 30.7 Å². The van der Waals surface area contributed by atoms with Gasteiger partial charge in [-0.05, 0) is 48.7 Å². The van der Waals surface area contributed by atoms with Gasteiger partial charge in [0.25, 0.3) is 0 Å². The minimum Gasteiger partial charge on any atom is -0.495 e. The summed E-state index contributed by atoms with van der Waals surface area (Å²) >= 11 is 6.14. The summed E-state index contributed by atoms with van der Waals surface area (Å²) in [4.78, 5) is 15.5. The molecule has 2 fully saturated rings. The molecule has 10 nitrogen and oxygen atoms in total. The van der Waals surface area contributed by atoms with Crippen molar-refractivity contribution in [1.82, 2.24) is 14.1 Å². The summed E-state index contributed by atoms with van der Waals surface area (Å²) in [6, 6.07) is 11.9. The van der Waals surface area contributed by atoms with Crippen molar-refractivity contribution < 1.29 is 17.9 Å². The lowest BCUT2D eigenvalue weighted by atomic mass is 10.2. The van der Waals surface area contributed by atoms with Crippen LogP contribution in [-0.4, -0.2) is 62.4 Å². The van der Waals surface area contributed by atoms with Crippen molar-refractivity contribution in [3.8, 4) is 17.2 Å². The SMILES string of the molecule is COc1ccc(CS(=O)(=O)N2CCN(c3cnn(-c4cccc(Cl)c4)c(=O)c3OCC3(C)CC3)CC2)cc1N. The van der Waals surface area contributed by atoms with E-state index < -0.39 is 10.0 Å². The van der Waals surface area contributed by atoms with E-state index in [2.05, 4.69) is 12.0 Å². The summed E-state index contributed by atoms with van der Waals surface area (Å²) in [6.45, 7) is 3.86. The Bertz CT molecular complexity index is 1530. The first-order chi connectivity index (χ1) is 18.6. The number of hydrogen-bond acceptors (Lipinski definition) is 8. The molecule has 1 aliphatic heterocycles. The second-order valence-electron chi connectivity index (χ2n) is 10.4. The monoisotopic (exact) mass is 573 g/mol. The molecule has 2 aromatic carbocycles. The minimum atomic E-state index is -3.58. The maximum absolute atomic E-state index is 13.6. The number of halogens is 1. The van der Waals surface area contributed by atoms with Crippen LogP contribution in [0.25, 0.3) is 5.69 Å². The van der Waals surface area contributed by atoms with Gasteiger partial charge in [-0.25, -0.2) is 8.42 Å². The number of aromatic nitrogens is 2. The average Bonchev–Trinajstić information content (AvgIpc) is 3.65. The molecule has 1 aliphatic carbocycles. The van der Waals surface area contributed by atoms with Crippen LogP contribution in [-0.2, 0) is 15.8 Å². The zero-order chi connectivity index (χ0) is 27.8. The molecule has 0 spiro atoms. The molecule has 0 radical (unpaired) electrons. The number of hydrogen-bond donors (Lipinski definition) is 1. The first kappa shape index (κ1) is 27.3. The summed E-state index contributed by atoms with van der Waals surface area (Å²) in [5.74, 6) is 0.554. The molecular formula is C27H32ClN5O5S. The number of rotatable bonds is 9. The van der Waals surface area contributed by atoms with E-state index in [4.69, 9.17) is 26.8 Å². The summed E-state index contributed by atoms with van der Waals surface area (Å²) < 4.78 is 40.4. The van der Waals surface area contributed by atoms with Crippen LogP contribution >= 0.6 is 11.6 Å². The fraction of sp³-hybridized carbons (Fsp3) is 0.407. The summed E-state index contributed by atoms with van der Waals surface area (Å²) in [7, 11) is -2.07. The molecule has 1 saturated heterocycles. The number of nitrogen functional groups attached to an aromatic ring is 1. The average molecular weight is 574 g/mol. The highest BCUT2D eigenvalue weighted by Crippen LogP contribution is 2.45. The van der Waals surface area contributed by atoms with Crippen LogP contribution in [0.3, 0.4) is 0 Å². The van der Waals surface area contributed by atoms with Crippen molar-refractivity contribution in [3.05, 3.63) is 69.6 Å². The molecule has 0 bridgehead atoms. The van der Waals surface area contributed by atoms with Crippen molar-refractivity contribution in [2.45, 2.75) is 25.5 Å². The molecule has 2 N–H and O–H groups in total. The number of piperazine rings is 1. The number of methoxy groups -OCH3 is 1. The lowest BCUT2D eigenvalue weighted by molar-refractivity contribution is 0.242. The van der Waals surface area contributed by atoms with Crippen molar-refractivity contribution in [2.24, 2.45) is 5.41 Å². The molecule has 12 heteroatoms. The molecule has 0 atom stereocenters. The normalized spacial score (nSPS) is 17.2. The number of benzene rings is 2. The third-order valence-corrected chi connectivity index (χ3v) is 9.34. The highest BCUT2D eigenvalue weighted by molar-refractivity contribution is 7.88. The Hall–Kier alpha value is -3.28. The van der Waals surface area contributed by atoms with Gasteiger partial charge in [0.2, 0.25) is 15.8 Å². The number of anilines is 2. The van der Waals surface area contributed by atoms with E-state index in [1.54, 1.807) is 48.7 Å². The van der Waals surface area contributed by atoms with Crippen molar-refractivity contribution >= 4 is 33.0 Å². The second kappa shape index (κ2) is 10.7. The van der Waals surface area contributed by atoms with Gasteiger partial charge in [0.15, 0.2) is 0 Å². The molecule has 3 aromatic rings. The van der Waals surface area contributed by atoms with Gasteiger partial charge in [-0.3, -0.25) is 4.79 Å². The third kappa shape index (κ3) is 6.00. The maximum Gasteiger partial charge on any atom is 0.316 e. The lowest BCUT2D eigenvalue weighted by Crippen LogP contribution is -2.49. The van der Waals surface area contributed by atoms with E-state index in [9.17, 15) is 13.2 Å². The smallest absolute Gasteiger partial charge is 0.316 e. The maximum atomic E-state index is 13.6. The first-order valence-electron chi connectivity index (χ1n) is 12.7. The summed E-state index contributed by atoms with van der Waals surface area (Å²) in [5.41, 5.74) is 7.71. The Kier molecular flexibility index (Phi) is 7.49. The van der Waals surface area contributed by atoms with Gasteiger partial charge in [0, 0.05) is 36.6 Å². The highest BCUT2D eigenvalue weighted by Gasteiger charge is 2.39. The fourth-order valence-corrected chi connectivity index (χ4v) is 6.26. The molecule has 5 rings (SSSR count). The molecule has 0 unspecified atom stereocenters. The van der Waals surface area contributed by atoms with Crippen LogP contribution in [0.1, 0.15) is 25.3 Å². The molecular weight excluding hydrogens is 542 g/mol. The quantitative estimate of drug-likeness (QED) is 0.387. The van der Waals surface area contributed by atoms with Gasteiger partial charge in [-0.15, -0.1) is 0 Å². The van der Waals surface area contributed by atoms with E-state index >= 15 is 0 Å². The van der Waals surface area contributed by atoms with Gasteiger partial charge >= 0.3 is 5.56 Å². The number of nitrogens with two attached hydrogens (primary N) is 1. The second-order valence-corrected chi connectivity index (χ2v) is 12.8. The van der Waals surface area contributed by atoms with Gasteiger partial charge in [0.1, 0.15) is 11.4 Å².